The molecule has 0 spiro atoms. The second kappa shape index (κ2) is 5.85. The predicted molar refractivity (Wildman–Crippen MR) is 53.5 cm³/mol. The van der Waals surface area contributed by atoms with Crippen molar-refractivity contribution < 1.29 is 18.4 Å². The molecule has 0 rings (SSSR count). The van der Waals surface area contributed by atoms with Crippen molar-refractivity contribution in [3.8, 4) is 0 Å². The summed E-state index contributed by atoms with van der Waals surface area (Å²) in [7, 11) is 1.30. The van der Waals surface area contributed by atoms with E-state index < -0.39 is 23.6 Å². The van der Waals surface area contributed by atoms with Gasteiger partial charge in [0.05, 0.1) is 0 Å². The van der Waals surface area contributed by atoms with Crippen molar-refractivity contribution in [1.82, 2.24) is 5.32 Å². The van der Waals surface area contributed by atoms with Crippen molar-refractivity contribution in [2.24, 2.45) is 10.6 Å². The summed E-state index contributed by atoms with van der Waals surface area (Å²) in [5.74, 6) is -0.0483. The van der Waals surface area contributed by atoms with Gasteiger partial charge in [-0.1, -0.05) is 19.0 Å². The first-order valence-electron chi connectivity index (χ1n) is 4.16. The van der Waals surface area contributed by atoms with Gasteiger partial charge in [-0.25, -0.2) is 13.6 Å². The van der Waals surface area contributed by atoms with Crippen LogP contribution in [0.1, 0.15) is 13.8 Å². The van der Waals surface area contributed by atoms with Gasteiger partial charge in [-0.05, 0) is 0 Å². The summed E-state index contributed by atoms with van der Waals surface area (Å²) in [5, 5.41) is 5.19. The number of rotatable bonds is 4. The highest BCUT2D eigenvalue weighted by Crippen LogP contribution is 2.23. The number of carbonyl (C=O) groups excluding carboxylic acids is 1. The Kier molecular flexibility index (Phi) is 5.49. The molecule has 7 heteroatoms. The van der Waals surface area contributed by atoms with Gasteiger partial charge in [-0.15, -0.1) is 11.6 Å². The van der Waals surface area contributed by atoms with E-state index in [9.17, 15) is 13.6 Å². The Bertz CT molecular complexity index is 257. The minimum atomic E-state index is -2.82. The molecule has 1 amide bonds. The number of hydrogen-bond acceptors (Lipinski definition) is 3. The maximum Gasteiger partial charge on any atom is 0.433 e. The van der Waals surface area contributed by atoms with E-state index in [4.69, 9.17) is 11.6 Å². The van der Waals surface area contributed by atoms with Crippen LogP contribution in [0, 0.1) is 5.41 Å². The number of nitrogens with zero attached hydrogens (tertiary/aromatic N) is 1. The van der Waals surface area contributed by atoms with E-state index in [1.165, 1.54) is 20.9 Å². The van der Waals surface area contributed by atoms with Crippen molar-refractivity contribution in [1.29, 1.82) is 0 Å². The summed E-state index contributed by atoms with van der Waals surface area (Å²) in [5.41, 5.74) is -1.58. The van der Waals surface area contributed by atoms with Crippen molar-refractivity contribution >= 4 is 23.4 Å². The number of oxime groups is 1. The highest BCUT2D eigenvalue weighted by Gasteiger charge is 2.32. The van der Waals surface area contributed by atoms with Gasteiger partial charge in [-0.2, -0.15) is 0 Å². The van der Waals surface area contributed by atoms with Gasteiger partial charge in [0.25, 0.3) is 6.43 Å². The normalized spacial score (nSPS) is 12.9. The molecule has 15 heavy (non-hydrogen) atoms. The molecule has 0 aromatic carbocycles. The molecular weight excluding hydrogens is 230 g/mol. The van der Waals surface area contributed by atoms with Gasteiger partial charge in [0.15, 0.2) is 0 Å². The van der Waals surface area contributed by atoms with Crippen LogP contribution in [0.3, 0.4) is 0 Å². The molecule has 1 N–H and O–H groups in total. The average molecular weight is 243 g/mol. The van der Waals surface area contributed by atoms with Crippen LogP contribution in [0.2, 0.25) is 0 Å². The summed E-state index contributed by atoms with van der Waals surface area (Å²) in [6.07, 6.45) is -3.72. The van der Waals surface area contributed by atoms with Crippen molar-refractivity contribution in [2.45, 2.75) is 20.3 Å². The minimum absolute atomic E-state index is 0.0483. The Morgan fingerprint density at radius 1 is 1.60 bits per heavy atom. The van der Waals surface area contributed by atoms with Crippen LogP contribution < -0.4 is 5.32 Å². The molecule has 0 aliphatic carbocycles. The van der Waals surface area contributed by atoms with E-state index in [0.717, 1.165) is 0 Å². The van der Waals surface area contributed by atoms with Crippen molar-refractivity contribution in [3.05, 3.63) is 0 Å². The zero-order chi connectivity index (χ0) is 12.1. The smallest absolute Gasteiger partial charge is 0.323 e. The molecule has 0 fully saturated rings. The number of halogens is 3. The van der Waals surface area contributed by atoms with Crippen LogP contribution in [-0.4, -0.2) is 31.2 Å². The fourth-order valence-electron chi connectivity index (χ4n) is 0.664. The SMILES string of the molecule is CNC(=O)ON=C(C(F)F)C(C)(C)CCl. The lowest BCUT2D eigenvalue weighted by atomic mass is 9.90. The largest absolute Gasteiger partial charge is 0.433 e. The quantitative estimate of drug-likeness (QED) is 0.356. The van der Waals surface area contributed by atoms with Gasteiger partial charge < -0.3 is 5.32 Å². The van der Waals surface area contributed by atoms with Crippen LogP contribution >= 0.6 is 11.6 Å². The van der Waals surface area contributed by atoms with Crippen LogP contribution in [0.25, 0.3) is 0 Å². The second-order valence-electron chi connectivity index (χ2n) is 3.42. The fraction of sp³-hybridized carbons (Fsp3) is 0.750. The molecule has 4 nitrogen and oxygen atoms in total. The third kappa shape index (κ3) is 4.42. The highest BCUT2D eigenvalue weighted by molar-refractivity contribution is 6.20. The van der Waals surface area contributed by atoms with E-state index in [-0.39, 0.29) is 5.88 Å². The van der Waals surface area contributed by atoms with E-state index in [1.807, 2.05) is 0 Å². The zero-order valence-corrected chi connectivity index (χ0v) is 9.44. The van der Waals surface area contributed by atoms with Crippen molar-refractivity contribution in [3.63, 3.8) is 0 Å². The maximum atomic E-state index is 12.5. The molecule has 0 saturated carbocycles. The molecule has 0 atom stereocenters. The Hall–Kier alpha value is -0.910. The molecule has 88 valence electrons. The van der Waals surface area contributed by atoms with Crippen LogP contribution in [0.15, 0.2) is 5.16 Å². The molecule has 0 aliphatic heterocycles. The third-order valence-electron chi connectivity index (χ3n) is 1.67. The predicted octanol–water partition coefficient (Wildman–Crippen LogP) is 2.23. The standard InChI is InChI=1S/C8H13ClF2N2O2/c1-8(2,4-9)5(6(10)11)13-15-7(14)12-3/h6H,4H2,1-3H3,(H,12,14). The minimum Gasteiger partial charge on any atom is -0.323 e. The zero-order valence-electron chi connectivity index (χ0n) is 8.68. The Morgan fingerprint density at radius 2 is 2.13 bits per heavy atom. The summed E-state index contributed by atoms with van der Waals surface area (Å²) in [6, 6.07) is 0. The topological polar surface area (TPSA) is 50.7 Å². The summed E-state index contributed by atoms with van der Waals surface area (Å²) in [4.78, 5) is 14.8. The lowest BCUT2D eigenvalue weighted by Gasteiger charge is -2.22. The number of nitrogens with one attached hydrogen (secondary N) is 1. The van der Waals surface area contributed by atoms with Crippen molar-refractivity contribution in [2.75, 3.05) is 12.9 Å². The van der Waals surface area contributed by atoms with Gasteiger partial charge >= 0.3 is 6.09 Å². The second-order valence-corrected chi connectivity index (χ2v) is 3.69. The molecular formula is C8H13ClF2N2O2. The molecule has 0 saturated heterocycles. The van der Waals surface area contributed by atoms with E-state index in [0.29, 0.717) is 0 Å². The average Bonchev–Trinajstić information content (AvgIpc) is 2.16. The molecule has 0 heterocycles. The summed E-state index contributed by atoms with van der Waals surface area (Å²) >= 11 is 5.51. The first-order chi connectivity index (χ1) is 6.85. The number of amides is 1. The Balaban J connectivity index is 4.74. The van der Waals surface area contributed by atoms with E-state index in [1.54, 1.807) is 0 Å². The fourth-order valence-corrected chi connectivity index (χ4v) is 0.800. The van der Waals surface area contributed by atoms with Gasteiger partial charge in [0.2, 0.25) is 0 Å². The summed E-state index contributed by atoms with van der Waals surface area (Å²) in [6.45, 7) is 2.97. The Morgan fingerprint density at radius 3 is 2.47 bits per heavy atom. The maximum absolute atomic E-state index is 12.5. The van der Waals surface area contributed by atoms with Gasteiger partial charge in [-0.3, -0.25) is 4.84 Å². The monoisotopic (exact) mass is 242 g/mol. The molecule has 0 aromatic rings. The number of hydrogen-bond donors (Lipinski definition) is 1. The highest BCUT2D eigenvalue weighted by atomic mass is 35.5. The van der Waals surface area contributed by atoms with Crippen LogP contribution in [0.4, 0.5) is 13.6 Å². The first-order valence-corrected chi connectivity index (χ1v) is 4.69. The van der Waals surface area contributed by atoms with Crippen LogP contribution in [0.5, 0.6) is 0 Å². The molecule has 0 aromatic heterocycles. The van der Waals surface area contributed by atoms with Gasteiger partial charge in [0, 0.05) is 18.3 Å². The first kappa shape index (κ1) is 14.1. The van der Waals surface area contributed by atoms with Gasteiger partial charge in [0.1, 0.15) is 5.71 Å². The van der Waals surface area contributed by atoms with E-state index >= 15 is 0 Å². The number of carbonyl (C=O) groups is 1. The molecule has 0 radical (unpaired) electrons. The Labute approximate surface area is 91.6 Å². The van der Waals surface area contributed by atoms with Crippen LogP contribution in [-0.2, 0) is 4.84 Å². The number of alkyl halides is 3. The molecule has 0 unspecified atom stereocenters. The molecule has 0 aliphatic rings. The summed E-state index contributed by atoms with van der Waals surface area (Å²) < 4.78 is 25.1. The lowest BCUT2D eigenvalue weighted by Crippen LogP contribution is -2.33. The van der Waals surface area contributed by atoms with E-state index in [2.05, 4.69) is 15.3 Å². The third-order valence-corrected chi connectivity index (χ3v) is 2.33. The lowest BCUT2D eigenvalue weighted by molar-refractivity contribution is 0.144. The molecule has 0 bridgehead atoms.